The highest BCUT2D eigenvalue weighted by Gasteiger charge is 2.33. The maximum atomic E-state index is 10.9. The second kappa shape index (κ2) is 2.37. The highest BCUT2D eigenvalue weighted by Crippen LogP contribution is 2.21. The summed E-state index contributed by atoms with van der Waals surface area (Å²) >= 11 is 0. The van der Waals surface area contributed by atoms with E-state index in [0.717, 1.165) is 6.42 Å². The van der Waals surface area contributed by atoms with E-state index in [1.165, 1.54) is 0 Å². The first-order valence-corrected chi connectivity index (χ1v) is 3.99. The number of hydrogen-bond donors (Lipinski definition) is 3. The van der Waals surface area contributed by atoms with E-state index < -0.39 is 0 Å². The van der Waals surface area contributed by atoms with Gasteiger partial charge in [-0.05, 0) is 19.3 Å². The Morgan fingerprint density at radius 1 is 1.18 bits per heavy atom. The molecule has 0 aromatic rings. The lowest BCUT2D eigenvalue weighted by atomic mass is 9.87. The fraction of sp³-hybridized carbons (Fsp3) is 0.857. The minimum absolute atomic E-state index is 0.0850. The van der Waals surface area contributed by atoms with Crippen LogP contribution in [-0.4, -0.2) is 29.3 Å². The molecule has 2 atom stereocenters. The fourth-order valence-electron chi connectivity index (χ4n) is 1.94. The van der Waals surface area contributed by atoms with Gasteiger partial charge in [-0.25, -0.2) is 4.79 Å². The molecule has 3 N–H and O–H groups in total. The lowest BCUT2D eigenvalue weighted by molar-refractivity contribution is 0.0858. The van der Waals surface area contributed by atoms with E-state index >= 15 is 0 Å². The molecular weight excluding hydrogens is 144 g/mol. The average molecular weight is 156 g/mol. The lowest BCUT2D eigenvalue weighted by Crippen LogP contribution is -2.58. The van der Waals surface area contributed by atoms with Crippen molar-refractivity contribution in [3.8, 4) is 0 Å². The van der Waals surface area contributed by atoms with Crippen molar-refractivity contribution in [3.63, 3.8) is 0 Å². The highest BCUT2D eigenvalue weighted by atomic mass is 16.3. The Morgan fingerprint density at radius 3 is 2.27 bits per heavy atom. The Balaban J connectivity index is 2.05. The summed E-state index contributed by atoms with van der Waals surface area (Å²) < 4.78 is 0. The van der Waals surface area contributed by atoms with Crippen LogP contribution in [0.25, 0.3) is 0 Å². The quantitative estimate of drug-likeness (QED) is 0.446. The third-order valence-electron chi connectivity index (χ3n) is 2.35. The lowest BCUT2D eigenvalue weighted by Gasteiger charge is -2.37. The van der Waals surface area contributed by atoms with Crippen LogP contribution in [0.15, 0.2) is 0 Å². The molecule has 2 rings (SSSR count). The molecule has 2 bridgehead atoms. The monoisotopic (exact) mass is 156 g/mol. The Hall–Kier alpha value is -0.770. The zero-order valence-electron chi connectivity index (χ0n) is 6.21. The Labute approximate surface area is 65.0 Å². The zero-order valence-corrected chi connectivity index (χ0v) is 6.21. The Kier molecular flexibility index (Phi) is 1.49. The van der Waals surface area contributed by atoms with Gasteiger partial charge in [0.05, 0.1) is 6.10 Å². The molecule has 4 nitrogen and oxygen atoms in total. The van der Waals surface area contributed by atoms with E-state index in [2.05, 4.69) is 10.6 Å². The molecule has 4 heteroatoms. The number of urea groups is 1. The summed E-state index contributed by atoms with van der Waals surface area (Å²) in [5, 5.41) is 14.8. The van der Waals surface area contributed by atoms with Crippen molar-refractivity contribution in [1.82, 2.24) is 10.6 Å². The van der Waals surface area contributed by atoms with Crippen molar-refractivity contribution < 1.29 is 9.90 Å². The van der Waals surface area contributed by atoms with Gasteiger partial charge < -0.3 is 15.7 Å². The van der Waals surface area contributed by atoms with E-state index in [9.17, 15) is 9.90 Å². The van der Waals surface area contributed by atoms with Crippen molar-refractivity contribution >= 4 is 6.03 Å². The van der Waals surface area contributed by atoms with Crippen molar-refractivity contribution in [3.05, 3.63) is 0 Å². The first kappa shape index (κ1) is 6.91. The van der Waals surface area contributed by atoms with Crippen LogP contribution in [-0.2, 0) is 0 Å². The molecule has 2 amide bonds. The summed E-state index contributed by atoms with van der Waals surface area (Å²) in [7, 11) is 0. The minimum Gasteiger partial charge on any atom is -0.393 e. The van der Waals surface area contributed by atoms with Crippen LogP contribution in [0.3, 0.4) is 0 Å². The number of aliphatic hydroxyl groups is 1. The number of aliphatic hydroxyl groups excluding tert-OH is 1. The summed E-state index contributed by atoms with van der Waals surface area (Å²) in [6, 6.07) is 0.299. The first-order valence-electron chi connectivity index (χ1n) is 3.99. The molecule has 2 unspecified atom stereocenters. The molecular formula is C7H12N2O2. The highest BCUT2D eigenvalue weighted by molar-refractivity contribution is 5.75. The second-order valence-electron chi connectivity index (χ2n) is 3.37. The molecule has 1 saturated carbocycles. The molecule has 1 aliphatic heterocycles. The van der Waals surface area contributed by atoms with Gasteiger partial charge in [0, 0.05) is 12.1 Å². The minimum atomic E-state index is -0.244. The van der Waals surface area contributed by atoms with Crippen LogP contribution in [0, 0.1) is 0 Å². The predicted octanol–water partition coefficient (Wildman–Crippen LogP) is -0.419. The van der Waals surface area contributed by atoms with E-state index in [1.54, 1.807) is 0 Å². The van der Waals surface area contributed by atoms with Gasteiger partial charge in [-0.1, -0.05) is 0 Å². The zero-order chi connectivity index (χ0) is 7.84. The molecule has 0 spiro atoms. The van der Waals surface area contributed by atoms with Crippen LogP contribution < -0.4 is 10.6 Å². The van der Waals surface area contributed by atoms with E-state index in [-0.39, 0.29) is 24.2 Å². The maximum Gasteiger partial charge on any atom is 0.315 e. The van der Waals surface area contributed by atoms with Gasteiger partial charge in [0.15, 0.2) is 0 Å². The van der Waals surface area contributed by atoms with Gasteiger partial charge in [0.1, 0.15) is 0 Å². The van der Waals surface area contributed by atoms with Crippen LogP contribution in [0.5, 0.6) is 0 Å². The number of carbonyl (C=O) groups excluding carboxylic acids is 1. The summed E-state index contributed by atoms with van der Waals surface area (Å²) in [6.45, 7) is 0. The number of rotatable bonds is 0. The maximum absolute atomic E-state index is 10.9. The van der Waals surface area contributed by atoms with Gasteiger partial charge in [-0.3, -0.25) is 0 Å². The van der Waals surface area contributed by atoms with Crippen LogP contribution in [0.1, 0.15) is 19.3 Å². The number of amides is 2. The van der Waals surface area contributed by atoms with Crippen molar-refractivity contribution in [1.29, 1.82) is 0 Å². The van der Waals surface area contributed by atoms with E-state index in [4.69, 9.17) is 0 Å². The number of nitrogens with one attached hydrogen (secondary N) is 2. The number of hydrogen-bond acceptors (Lipinski definition) is 2. The molecule has 0 aromatic heterocycles. The average Bonchev–Trinajstić information content (AvgIpc) is 1.82. The molecule has 1 aliphatic carbocycles. The molecule has 1 heterocycles. The molecule has 0 aromatic carbocycles. The summed E-state index contributed by atoms with van der Waals surface area (Å²) in [5.41, 5.74) is 0. The third kappa shape index (κ3) is 1.30. The molecule has 62 valence electrons. The van der Waals surface area contributed by atoms with Crippen molar-refractivity contribution in [2.45, 2.75) is 37.5 Å². The van der Waals surface area contributed by atoms with Gasteiger partial charge in [0.25, 0.3) is 0 Å². The van der Waals surface area contributed by atoms with Gasteiger partial charge in [-0.15, -0.1) is 0 Å². The van der Waals surface area contributed by atoms with E-state index in [0.29, 0.717) is 12.8 Å². The largest absolute Gasteiger partial charge is 0.393 e. The molecule has 0 radical (unpaired) electrons. The fourth-order valence-corrected chi connectivity index (χ4v) is 1.94. The summed E-state index contributed by atoms with van der Waals surface area (Å²) in [5.74, 6) is 0. The van der Waals surface area contributed by atoms with Crippen LogP contribution in [0.2, 0.25) is 0 Å². The SMILES string of the molecule is O=C1NC2CC(O)CC(C2)N1. The molecule has 1 saturated heterocycles. The summed E-state index contributed by atoms with van der Waals surface area (Å²) in [6.07, 6.45) is 2.14. The van der Waals surface area contributed by atoms with Crippen molar-refractivity contribution in [2.24, 2.45) is 0 Å². The van der Waals surface area contributed by atoms with Gasteiger partial charge >= 0.3 is 6.03 Å². The second-order valence-corrected chi connectivity index (χ2v) is 3.37. The topological polar surface area (TPSA) is 61.4 Å². The molecule has 11 heavy (non-hydrogen) atoms. The van der Waals surface area contributed by atoms with Gasteiger partial charge in [0.2, 0.25) is 0 Å². The molecule has 2 aliphatic rings. The Bertz CT molecular complexity index is 163. The summed E-state index contributed by atoms with van der Waals surface area (Å²) in [4.78, 5) is 10.9. The molecule has 2 fully saturated rings. The predicted molar refractivity (Wildman–Crippen MR) is 39.1 cm³/mol. The number of fused-ring (bicyclic) bond motifs is 2. The van der Waals surface area contributed by atoms with Crippen molar-refractivity contribution in [2.75, 3.05) is 0 Å². The van der Waals surface area contributed by atoms with E-state index in [1.807, 2.05) is 0 Å². The smallest absolute Gasteiger partial charge is 0.315 e. The van der Waals surface area contributed by atoms with Crippen LogP contribution in [0.4, 0.5) is 4.79 Å². The normalized spacial score (nSPS) is 42.6. The van der Waals surface area contributed by atoms with Gasteiger partial charge in [-0.2, -0.15) is 0 Å². The standard InChI is InChI=1S/C7H12N2O2/c10-6-2-4-1-5(3-6)9-7(11)8-4/h4-6,10H,1-3H2,(H2,8,9,11). The Morgan fingerprint density at radius 2 is 1.73 bits per heavy atom. The van der Waals surface area contributed by atoms with Crippen LogP contribution >= 0.6 is 0 Å². The third-order valence-corrected chi connectivity index (χ3v) is 2.35. The number of carbonyl (C=O) groups is 1. The first-order chi connectivity index (χ1) is 5.24.